The van der Waals surface area contributed by atoms with Gasteiger partial charge in [-0.05, 0) is 80.0 Å². The van der Waals surface area contributed by atoms with Gasteiger partial charge in [0, 0.05) is 17.1 Å². The maximum absolute atomic E-state index is 13.3. The van der Waals surface area contributed by atoms with Crippen molar-refractivity contribution in [1.29, 1.82) is 0 Å². The third kappa shape index (κ3) is 4.58. The molecule has 0 atom stereocenters. The second-order valence-corrected chi connectivity index (χ2v) is 9.85. The molecule has 6 aromatic carbocycles. The van der Waals surface area contributed by atoms with Gasteiger partial charge in [-0.15, -0.1) is 0 Å². The SMILES string of the molecule is Fc1ccc(-c2ccc(-c3ccc4cc(-c5ccc(-c6ccc7ccccc7c6)cc5)cnc4c3)cc2)cc1. The van der Waals surface area contributed by atoms with Crippen LogP contribution < -0.4 is 0 Å². The van der Waals surface area contributed by atoms with Gasteiger partial charge in [0.1, 0.15) is 5.82 Å². The van der Waals surface area contributed by atoms with Gasteiger partial charge in [-0.3, -0.25) is 4.98 Å². The van der Waals surface area contributed by atoms with Gasteiger partial charge in [-0.25, -0.2) is 4.39 Å². The zero-order chi connectivity index (χ0) is 26.2. The van der Waals surface area contributed by atoms with E-state index in [2.05, 4.69) is 115 Å². The minimum atomic E-state index is -0.222. The van der Waals surface area contributed by atoms with Crippen LogP contribution in [0.15, 0.2) is 146 Å². The van der Waals surface area contributed by atoms with Crippen molar-refractivity contribution in [2.45, 2.75) is 0 Å². The summed E-state index contributed by atoms with van der Waals surface area (Å²) in [7, 11) is 0. The van der Waals surface area contributed by atoms with Crippen LogP contribution in [0.3, 0.4) is 0 Å². The summed E-state index contributed by atoms with van der Waals surface area (Å²) < 4.78 is 13.3. The van der Waals surface area contributed by atoms with E-state index in [1.54, 1.807) is 12.1 Å². The number of pyridine rings is 1. The quantitative estimate of drug-likeness (QED) is 0.234. The van der Waals surface area contributed by atoms with E-state index in [-0.39, 0.29) is 5.82 Å². The summed E-state index contributed by atoms with van der Waals surface area (Å²) in [6, 6.07) is 47.3. The zero-order valence-electron chi connectivity index (χ0n) is 21.2. The number of halogens is 1. The van der Waals surface area contributed by atoms with E-state index in [0.717, 1.165) is 44.3 Å². The number of hydrogen-bond acceptors (Lipinski definition) is 1. The average molecular weight is 502 g/mol. The molecule has 0 fully saturated rings. The molecule has 0 aliphatic heterocycles. The number of hydrogen-bond donors (Lipinski definition) is 0. The van der Waals surface area contributed by atoms with Crippen molar-refractivity contribution in [2.75, 3.05) is 0 Å². The van der Waals surface area contributed by atoms with Gasteiger partial charge in [0.05, 0.1) is 5.52 Å². The van der Waals surface area contributed by atoms with Gasteiger partial charge in [-0.1, -0.05) is 109 Å². The molecule has 2 heteroatoms. The molecule has 184 valence electrons. The van der Waals surface area contributed by atoms with Gasteiger partial charge in [-0.2, -0.15) is 0 Å². The second kappa shape index (κ2) is 9.66. The zero-order valence-corrected chi connectivity index (χ0v) is 21.2. The molecule has 0 spiro atoms. The Kier molecular flexibility index (Phi) is 5.71. The minimum absolute atomic E-state index is 0.222. The topological polar surface area (TPSA) is 12.9 Å². The van der Waals surface area contributed by atoms with Crippen LogP contribution in [0, 0.1) is 5.82 Å². The first-order valence-corrected chi connectivity index (χ1v) is 13.1. The first-order valence-electron chi connectivity index (χ1n) is 13.1. The first-order chi connectivity index (χ1) is 19.2. The summed E-state index contributed by atoms with van der Waals surface area (Å²) in [5.74, 6) is -0.222. The maximum atomic E-state index is 13.3. The van der Waals surface area contributed by atoms with Crippen molar-refractivity contribution in [3.63, 3.8) is 0 Å². The molecule has 0 saturated carbocycles. The Morgan fingerprint density at radius 1 is 0.359 bits per heavy atom. The molecule has 1 aromatic heterocycles. The molecule has 0 unspecified atom stereocenters. The van der Waals surface area contributed by atoms with Crippen LogP contribution in [0.2, 0.25) is 0 Å². The largest absolute Gasteiger partial charge is 0.256 e. The molecular formula is C37H24FN. The Balaban J connectivity index is 1.13. The molecule has 0 radical (unpaired) electrons. The van der Waals surface area contributed by atoms with Crippen LogP contribution in [-0.4, -0.2) is 4.98 Å². The second-order valence-electron chi connectivity index (χ2n) is 9.85. The number of nitrogens with zero attached hydrogens (tertiary/aromatic N) is 1. The fourth-order valence-corrected chi connectivity index (χ4v) is 5.18. The molecular weight excluding hydrogens is 477 g/mol. The lowest BCUT2D eigenvalue weighted by Crippen LogP contribution is -1.86. The summed E-state index contributed by atoms with van der Waals surface area (Å²) >= 11 is 0. The summed E-state index contributed by atoms with van der Waals surface area (Å²) in [6.45, 7) is 0. The molecule has 1 nitrogen and oxygen atoms in total. The summed E-state index contributed by atoms with van der Waals surface area (Å²) in [5.41, 5.74) is 9.94. The van der Waals surface area contributed by atoms with Crippen molar-refractivity contribution < 1.29 is 4.39 Å². The van der Waals surface area contributed by atoms with Gasteiger partial charge >= 0.3 is 0 Å². The van der Waals surface area contributed by atoms with Crippen LogP contribution in [0.5, 0.6) is 0 Å². The molecule has 0 bridgehead atoms. The molecule has 0 N–H and O–H groups in total. The van der Waals surface area contributed by atoms with Crippen LogP contribution in [0.1, 0.15) is 0 Å². The minimum Gasteiger partial charge on any atom is -0.256 e. The molecule has 7 rings (SSSR count). The molecule has 0 amide bonds. The molecule has 0 aliphatic carbocycles. The van der Waals surface area contributed by atoms with Gasteiger partial charge < -0.3 is 0 Å². The number of aromatic nitrogens is 1. The molecule has 39 heavy (non-hydrogen) atoms. The lowest BCUT2D eigenvalue weighted by atomic mass is 9.97. The van der Waals surface area contributed by atoms with Crippen LogP contribution in [0.4, 0.5) is 4.39 Å². The highest BCUT2D eigenvalue weighted by Gasteiger charge is 2.06. The maximum Gasteiger partial charge on any atom is 0.123 e. The van der Waals surface area contributed by atoms with Gasteiger partial charge in [0.25, 0.3) is 0 Å². The highest BCUT2D eigenvalue weighted by Crippen LogP contribution is 2.31. The lowest BCUT2D eigenvalue weighted by Gasteiger charge is -2.09. The predicted octanol–water partition coefficient (Wildman–Crippen LogP) is 10.2. The van der Waals surface area contributed by atoms with Crippen molar-refractivity contribution in [3.8, 4) is 44.5 Å². The van der Waals surface area contributed by atoms with Crippen molar-refractivity contribution in [2.24, 2.45) is 0 Å². The van der Waals surface area contributed by atoms with E-state index in [0.29, 0.717) is 0 Å². The Hall–Kier alpha value is -5.08. The van der Waals surface area contributed by atoms with E-state index in [4.69, 9.17) is 4.98 Å². The monoisotopic (exact) mass is 501 g/mol. The van der Waals surface area contributed by atoms with Crippen LogP contribution >= 0.6 is 0 Å². The van der Waals surface area contributed by atoms with Crippen LogP contribution in [-0.2, 0) is 0 Å². The summed E-state index contributed by atoms with van der Waals surface area (Å²) in [4.78, 5) is 4.80. The molecule has 0 saturated heterocycles. The normalized spacial score (nSPS) is 11.2. The van der Waals surface area contributed by atoms with E-state index in [1.165, 1.54) is 34.0 Å². The van der Waals surface area contributed by atoms with E-state index in [1.807, 2.05) is 6.20 Å². The van der Waals surface area contributed by atoms with Gasteiger partial charge in [0.2, 0.25) is 0 Å². The van der Waals surface area contributed by atoms with E-state index < -0.39 is 0 Å². The van der Waals surface area contributed by atoms with Crippen molar-refractivity contribution in [3.05, 3.63) is 152 Å². The summed E-state index contributed by atoms with van der Waals surface area (Å²) in [5, 5.41) is 3.61. The third-order valence-corrected chi connectivity index (χ3v) is 7.38. The van der Waals surface area contributed by atoms with E-state index >= 15 is 0 Å². The fraction of sp³-hybridized carbons (Fsp3) is 0. The lowest BCUT2D eigenvalue weighted by molar-refractivity contribution is 0.628. The third-order valence-electron chi connectivity index (χ3n) is 7.38. The number of rotatable bonds is 4. The standard InChI is InChI=1S/C37H24FN/c38-36-19-17-27(18-20-36)26-5-7-29(8-6-26)33-15-16-34-22-35(24-39-37(34)23-33)30-11-9-28(10-12-30)32-14-13-25-3-1-2-4-31(25)21-32/h1-24H. The number of benzene rings is 6. The van der Waals surface area contributed by atoms with Crippen LogP contribution in [0.25, 0.3) is 66.2 Å². The molecule has 7 aromatic rings. The fourth-order valence-electron chi connectivity index (χ4n) is 5.18. The smallest absolute Gasteiger partial charge is 0.123 e. The van der Waals surface area contributed by atoms with Crippen molar-refractivity contribution in [1.82, 2.24) is 4.98 Å². The Morgan fingerprint density at radius 3 is 1.44 bits per heavy atom. The highest BCUT2D eigenvalue weighted by molar-refractivity contribution is 5.89. The Morgan fingerprint density at radius 2 is 0.795 bits per heavy atom. The Bertz CT molecular complexity index is 1940. The van der Waals surface area contributed by atoms with E-state index in [9.17, 15) is 4.39 Å². The average Bonchev–Trinajstić information content (AvgIpc) is 3.01. The van der Waals surface area contributed by atoms with Gasteiger partial charge in [0.15, 0.2) is 0 Å². The predicted molar refractivity (Wildman–Crippen MR) is 161 cm³/mol. The highest BCUT2D eigenvalue weighted by atomic mass is 19.1. The van der Waals surface area contributed by atoms with Crippen molar-refractivity contribution >= 4 is 21.7 Å². The number of fused-ring (bicyclic) bond motifs is 2. The Labute approximate surface area is 226 Å². The summed E-state index contributed by atoms with van der Waals surface area (Å²) in [6.07, 6.45) is 1.95. The molecule has 0 aliphatic rings. The first kappa shape index (κ1) is 23.1. The molecule has 1 heterocycles.